The first kappa shape index (κ1) is 16.7. The molecule has 2 aromatic rings. The summed E-state index contributed by atoms with van der Waals surface area (Å²) in [5.74, 6) is 0.620. The van der Waals surface area contributed by atoms with Gasteiger partial charge in [0.25, 0.3) is 0 Å². The SMILES string of the molecule is COc1cc(/C=C/C2=Nc3ccccc3SC(C)(C)C2)ccc1O. The smallest absolute Gasteiger partial charge is 0.161 e. The van der Waals surface area contributed by atoms with Gasteiger partial charge in [-0.3, -0.25) is 4.99 Å². The monoisotopic (exact) mass is 339 g/mol. The summed E-state index contributed by atoms with van der Waals surface area (Å²) in [6, 6.07) is 13.6. The third kappa shape index (κ3) is 3.82. The molecule has 0 atom stereocenters. The second-order valence-corrected chi connectivity index (χ2v) is 8.12. The van der Waals surface area contributed by atoms with Crippen LogP contribution >= 0.6 is 11.8 Å². The Balaban J connectivity index is 1.92. The first-order valence-corrected chi connectivity index (χ1v) is 8.69. The lowest BCUT2D eigenvalue weighted by Gasteiger charge is -2.21. The van der Waals surface area contributed by atoms with Gasteiger partial charge in [-0.2, -0.15) is 0 Å². The minimum absolute atomic E-state index is 0.0857. The van der Waals surface area contributed by atoms with E-state index in [1.807, 2.05) is 36.0 Å². The number of aromatic hydroxyl groups is 1. The van der Waals surface area contributed by atoms with E-state index in [1.54, 1.807) is 13.2 Å². The van der Waals surface area contributed by atoms with Gasteiger partial charge in [-0.15, -0.1) is 11.8 Å². The summed E-state index contributed by atoms with van der Waals surface area (Å²) in [5, 5.41) is 9.69. The molecule has 1 aliphatic heterocycles. The number of aliphatic imine (C=N–C) groups is 1. The topological polar surface area (TPSA) is 41.8 Å². The third-order valence-electron chi connectivity index (χ3n) is 3.79. The summed E-state index contributed by atoms with van der Waals surface area (Å²) in [5.41, 5.74) is 3.04. The van der Waals surface area contributed by atoms with E-state index >= 15 is 0 Å². The number of benzene rings is 2. The lowest BCUT2D eigenvalue weighted by atomic mass is 10.0. The molecule has 4 heteroatoms. The highest BCUT2D eigenvalue weighted by molar-refractivity contribution is 8.00. The number of methoxy groups -OCH3 is 1. The summed E-state index contributed by atoms with van der Waals surface area (Å²) in [6.45, 7) is 4.49. The molecule has 0 unspecified atom stereocenters. The van der Waals surface area contributed by atoms with Crippen molar-refractivity contribution in [1.29, 1.82) is 0 Å². The highest BCUT2D eigenvalue weighted by Crippen LogP contribution is 2.43. The molecule has 0 spiro atoms. The molecule has 2 aromatic carbocycles. The molecule has 24 heavy (non-hydrogen) atoms. The fourth-order valence-corrected chi connectivity index (χ4v) is 3.87. The Morgan fingerprint density at radius 3 is 2.75 bits per heavy atom. The van der Waals surface area contributed by atoms with Gasteiger partial charge in [-0.1, -0.05) is 24.3 Å². The molecule has 124 valence electrons. The largest absolute Gasteiger partial charge is 0.504 e. The van der Waals surface area contributed by atoms with E-state index in [4.69, 9.17) is 9.73 Å². The Bertz CT molecular complexity index is 809. The van der Waals surface area contributed by atoms with E-state index < -0.39 is 0 Å². The maximum atomic E-state index is 9.69. The first-order valence-electron chi connectivity index (χ1n) is 7.87. The third-order valence-corrected chi connectivity index (χ3v) is 5.06. The summed E-state index contributed by atoms with van der Waals surface area (Å²) in [6.07, 6.45) is 4.95. The van der Waals surface area contributed by atoms with Gasteiger partial charge in [-0.25, -0.2) is 0 Å². The number of para-hydroxylation sites is 1. The van der Waals surface area contributed by atoms with Gasteiger partial charge in [0.1, 0.15) is 0 Å². The molecule has 1 aliphatic rings. The lowest BCUT2D eigenvalue weighted by Crippen LogP contribution is -2.17. The molecular weight excluding hydrogens is 318 g/mol. The second-order valence-electron chi connectivity index (χ2n) is 6.37. The number of phenols is 1. The molecule has 3 nitrogen and oxygen atoms in total. The zero-order chi connectivity index (χ0) is 17.2. The van der Waals surface area contributed by atoms with E-state index in [9.17, 15) is 5.11 Å². The standard InChI is InChI=1S/C20H21NO2S/c1-20(2)13-15(21-16-6-4-5-7-19(16)24-20)10-8-14-9-11-17(22)18(12-14)23-3/h4-12,22H,13H2,1-3H3/b10-8+. The maximum Gasteiger partial charge on any atom is 0.161 e. The van der Waals surface area contributed by atoms with Gasteiger partial charge in [0.05, 0.1) is 12.8 Å². The predicted molar refractivity (Wildman–Crippen MR) is 102 cm³/mol. The maximum absolute atomic E-state index is 9.69. The molecule has 0 fully saturated rings. The van der Waals surface area contributed by atoms with Crippen LogP contribution in [0.25, 0.3) is 6.08 Å². The average molecular weight is 339 g/mol. The molecule has 0 saturated heterocycles. The van der Waals surface area contributed by atoms with Gasteiger partial charge in [0, 0.05) is 21.8 Å². The van der Waals surface area contributed by atoms with Crippen LogP contribution in [-0.2, 0) is 0 Å². The molecule has 0 aliphatic carbocycles. The summed E-state index contributed by atoms with van der Waals surface area (Å²) in [4.78, 5) is 6.06. The van der Waals surface area contributed by atoms with E-state index in [1.165, 1.54) is 4.90 Å². The Morgan fingerprint density at radius 1 is 1.17 bits per heavy atom. The molecular formula is C20H21NO2S. The molecule has 0 saturated carbocycles. The fourth-order valence-electron chi connectivity index (χ4n) is 2.69. The number of ether oxygens (including phenoxy) is 1. The quantitative estimate of drug-likeness (QED) is 0.807. The molecule has 1 N–H and O–H groups in total. The van der Waals surface area contributed by atoms with Crippen molar-refractivity contribution in [2.75, 3.05) is 7.11 Å². The minimum atomic E-state index is 0.0857. The molecule has 3 rings (SSSR count). The van der Waals surface area contributed by atoms with Crippen molar-refractivity contribution in [3.05, 3.63) is 54.1 Å². The molecule has 0 aromatic heterocycles. The number of hydrogen-bond donors (Lipinski definition) is 1. The summed E-state index contributed by atoms with van der Waals surface area (Å²) in [7, 11) is 1.55. The highest BCUT2D eigenvalue weighted by atomic mass is 32.2. The van der Waals surface area contributed by atoms with Crippen molar-refractivity contribution in [3.63, 3.8) is 0 Å². The Morgan fingerprint density at radius 2 is 1.96 bits per heavy atom. The van der Waals surface area contributed by atoms with Crippen molar-refractivity contribution >= 4 is 29.2 Å². The molecule has 1 heterocycles. The van der Waals surface area contributed by atoms with Crippen LogP contribution in [0, 0.1) is 0 Å². The van der Waals surface area contributed by atoms with Crippen LogP contribution in [0.3, 0.4) is 0 Å². The Hall–Kier alpha value is -2.20. The van der Waals surface area contributed by atoms with Gasteiger partial charge < -0.3 is 9.84 Å². The lowest BCUT2D eigenvalue weighted by molar-refractivity contribution is 0.373. The van der Waals surface area contributed by atoms with E-state index in [-0.39, 0.29) is 10.5 Å². The first-order chi connectivity index (χ1) is 11.5. The number of thioether (sulfide) groups is 1. The Kier molecular flexibility index (Phi) is 4.67. The minimum Gasteiger partial charge on any atom is -0.504 e. The zero-order valence-corrected chi connectivity index (χ0v) is 14.9. The van der Waals surface area contributed by atoms with E-state index in [0.717, 1.165) is 23.4 Å². The van der Waals surface area contributed by atoms with E-state index in [0.29, 0.717) is 5.75 Å². The molecule has 0 amide bonds. The van der Waals surface area contributed by atoms with E-state index in [2.05, 4.69) is 38.1 Å². The Labute approximate surface area is 147 Å². The van der Waals surface area contributed by atoms with Crippen LogP contribution in [0.15, 0.2) is 58.4 Å². The van der Waals surface area contributed by atoms with Gasteiger partial charge in [0.2, 0.25) is 0 Å². The fraction of sp³-hybridized carbons (Fsp3) is 0.250. The van der Waals surface area contributed by atoms with Crippen LogP contribution in [0.2, 0.25) is 0 Å². The van der Waals surface area contributed by atoms with Gasteiger partial charge in [-0.05, 0) is 49.8 Å². The van der Waals surface area contributed by atoms with Gasteiger partial charge >= 0.3 is 0 Å². The summed E-state index contributed by atoms with van der Waals surface area (Å²) < 4.78 is 5.25. The van der Waals surface area contributed by atoms with Crippen molar-refractivity contribution in [1.82, 2.24) is 0 Å². The number of phenolic OH excluding ortho intramolecular Hbond substituents is 1. The number of allylic oxidation sites excluding steroid dienone is 1. The van der Waals surface area contributed by atoms with Crippen molar-refractivity contribution in [3.8, 4) is 11.5 Å². The zero-order valence-electron chi connectivity index (χ0n) is 14.1. The number of rotatable bonds is 3. The highest BCUT2D eigenvalue weighted by Gasteiger charge is 2.25. The van der Waals surface area contributed by atoms with Crippen LogP contribution in [-0.4, -0.2) is 22.7 Å². The molecule has 0 radical (unpaired) electrons. The number of nitrogens with zero attached hydrogens (tertiary/aromatic N) is 1. The van der Waals surface area contributed by atoms with Crippen LogP contribution in [0.5, 0.6) is 11.5 Å². The number of fused-ring (bicyclic) bond motifs is 1. The summed E-state index contributed by atoms with van der Waals surface area (Å²) >= 11 is 1.87. The van der Waals surface area contributed by atoms with Crippen LogP contribution < -0.4 is 4.74 Å². The second kappa shape index (κ2) is 6.73. The van der Waals surface area contributed by atoms with Crippen molar-refractivity contribution < 1.29 is 9.84 Å². The van der Waals surface area contributed by atoms with Crippen molar-refractivity contribution in [2.24, 2.45) is 4.99 Å². The normalized spacial score (nSPS) is 16.4. The molecule has 0 bridgehead atoms. The number of hydrogen-bond acceptors (Lipinski definition) is 4. The van der Waals surface area contributed by atoms with Crippen LogP contribution in [0.4, 0.5) is 5.69 Å². The predicted octanol–water partition coefficient (Wildman–Crippen LogP) is 5.46. The van der Waals surface area contributed by atoms with Gasteiger partial charge in [0.15, 0.2) is 11.5 Å². The van der Waals surface area contributed by atoms with Crippen molar-refractivity contribution in [2.45, 2.75) is 29.9 Å². The average Bonchev–Trinajstić information content (AvgIpc) is 2.68. The van der Waals surface area contributed by atoms with Crippen LogP contribution in [0.1, 0.15) is 25.8 Å².